The Balaban J connectivity index is 2.00. The smallest absolute Gasteiger partial charge is 0.407 e. The molecule has 1 aliphatic heterocycles. The van der Waals surface area contributed by atoms with Crippen molar-refractivity contribution in [3.63, 3.8) is 0 Å². The number of hydrogen-bond donors (Lipinski definition) is 3. The minimum atomic E-state index is -0.398. The number of carbonyl (C=O) groups is 1. The van der Waals surface area contributed by atoms with Crippen LogP contribution in [-0.2, 0) is 9.47 Å². The quantitative estimate of drug-likeness (QED) is 0.545. The molecule has 0 aromatic heterocycles. The first-order valence-corrected chi connectivity index (χ1v) is 6.04. The van der Waals surface area contributed by atoms with E-state index in [0.717, 1.165) is 19.4 Å². The number of ether oxygens (including phenoxy) is 2. The van der Waals surface area contributed by atoms with Crippen LogP contribution in [0.3, 0.4) is 0 Å². The molecule has 2 unspecified atom stereocenters. The standard InChI is InChI=1S/C11H22N2O4/c1-16-10-6-9(13-7-10)8-17-11(15)12-4-2-3-5-14/h9-10,13-14H,2-8H2,1H3,(H,12,15). The van der Waals surface area contributed by atoms with Crippen molar-refractivity contribution in [1.82, 2.24) is 10.6 Å². The van der Waals surface area contributed by atoms with Crippen LogP contribution in [0.25, 0.3) is 0 Å². The second-order valence-corrected chi connectivity index (χ2v) is 4.15. The van der Waals surface area contributed by atoms with Gasteiger partial charge in [0, 0.05) is 32.8 Å². The Hall–Kier alpha value is -0.850. The predicted octanol–water partition coefficient (Wildman–Crippen LogP) is -0.138. The van der Waals surface area contributed by atoms with Gasteiger partial charge in [0.2, 0.25) is 0 Å². The van der Waals surface area contributed by atoms with E-state index in [1.54, 1.807) is 7.11 Å². The zero-order chi connectivity index (χ0) is 12.5. The van der Waals surface area contributed by atoms with Gasteiger partial charge in [0.15, 0.2) is 0 Å². The summed E-state index contributed by atoms with van der Waals surface area (Å²) in [5.41, 5.74) is 0. The third-order valence-corrected chi connectivity index (χ3v) is 2.78. The molecule has 6 nitrogen and oxygen atoms in total. The van der Waals surface area contributed by atoms with Crippen LogP contribution in [0.4, 0.5) is 4.79 Å². The number of hydrogen-bond acceptors (Lipinski definition) is 5. The molecule has 1 heterocycles. The van der Waals surface area contributed by atoms with Crippen molar-refractivity contribution in [1.29, 1.82) is 0 Å². The maximum Gasteiger partial charge on any atom is 0.407 e. The van der Waals surface area contributed by atoms with Gasteiger partial charge in [-0.25, -0.2) is 4.79 Å². The van der Waals surface area contributed by atoms with Crippen molar-refractivity contribution in [3.8, 4) is 0 Å². The van der Waals surface area contributed by atoms with Crippen molar-refractivity contribution in [2.45, 2.75) is 31.4 Å². The van der Waals surface area contributed by atoms with Crippen molar-refractivity contribution < 1.29 is 19.4 Å². The molecule has 0 aromatic carbocycles. The summed E-state index contributed by atoms with van der Waals surface area (Å²) >= 11 is 0. The number of rotatable bonds is 7. The molecule has 1 rings (SSSR count). The van der Waals surface area contributed by atoms with Crippen molar-refractivity contribution in [2.24, 2.45) is 0 Å². The molecule has 0 spiro atoms. The van der Waals surface area contributed by atoms with Gasteiger partial charge in [-0.1, -0.05) is 0 Å². The Labute approximate surface area is 102 Å². The SMILES string of the molecule is COC1CNC(COC(=O)NCCCCO)C1. The van der Waals surface area contributed by atoms with Gasteiger partial charge >= 0.3 is 6.09 Å². The van der Waals surface area contributed by atoms with Crippen LogP contribution >= 0.6 is 0 Å². The lowest BCUT2D eigenvalue weighted by molar-refractivity contribution is 0.109. The van der Waals surface area contributed by atoms with E-state index >= 15 is 0 Å². The van der Waals surface area contributed by atoms with Gasteiger partial charge in [-0.3, -0.25) is 0 Å². The molecule has 0 radical (unpaired) electrons. The van der Waals surface area contributed by atoms with Gasteiger partial charge in [-0.15, -0.1) is 0 Å². The van der Waals surface area contributed by atoms with E-state index in [0.29, 0.717) is 19.6 Å². The summed E-state index contributed by atoms with van der Waals surface area (Å²) in [6, 6.07) is 0.183. The first kappa shape index (κ1) is 14.2. The molecule has 100 valence electrons. The van der Waals surface area contributed by atoms with E-state index in [2.05, 4.69) is 10.6 Å². The fourth-order valence-electron chi connectivity index (χ4n) is 1.74. The molecule has 0 aromatic rings. The Kier molecular flexibility index (Phi) is 6.91. The molecular weight excluding hydrogens is 224 g/mol. The highest BCUT2D eigenvalue weighted by Crippen LogP contribution is 2.09. The fourth-order valence-corrected chi connectivity index (χ4v) is 1.74. The highest BCUT2D eigenvalue weighted by Gasteiger charge is 2.24. The lowest BCUT2D eigenvalue weighted by Crippen LogP contribution is -2.32. The molecule has 0 saturated carbocycles. The molecular formula is C11H22N2O4. The van der Waals surface area contributed by atoms with Crippen LogP contribution in [0, 0.1) is 0 Å². The summed E-state index contributed by atoms with van der Waals surface area (Å²) < 4.78 is 10.3. The van der Waals surface area contributed by atoms with Crippen LogP contribution in [0.5, 0.6) is 0 Å². The van der Waals surface area contributed by atoms with Gasteiger partial charge in [0.05, 0.1) is 6.10 Å². The predicted molar refractivity (Wildman–Crippen MR) is 62.9 cm³/mol. The van der Waals surface area contributed by atoms with Crippen LogP contribution in [0.1, 0.15) is 19.3 Å². The monoisotopic (exact) mass is 246 g/mol. The highest BCUT2D eigenvalue weighted by molar-refractivity contribution is 5.67. The Morgan fingerprint density at radius 2 is 2.35 bits per heavy atom. The van der Waals surface area contributed by atoms with E-state index in [1.807, 2.05) is 0 Å². The maximum atomic E-state index is 11.3. The van der Waals surface area contributed by atoms with E-state index in [1.165, 1.54) is 0 Å². The average Bonchev–Trinajstić information content (AvgIpc) is 2.80. The van der Waals surface area contributed by atoms with Gasteiger partial charge in [-0.05, 0) is 19.3 Å². The molecule has 1 fully saturated rings. The molecule has 17 heavy (non-hydrogen) atoms. The van der Waals surface area contributed by atoms with Gasteiger partial charge < -0.3 is 25.2 Å². The Bertz CT molecular complexity index is 226. The fraction of sp³-hybridized carbons (Fsp3) is 0.909. The lowest BCUT2D eigenvalue weighted by Gasteiger charge is -2.11. The second kappa shape index (κ2) is 8.27. The number of amides is 1. The highest BCUT2D eigenvalue weighted by atomic mass is 16.5. The number of alkyl carbamates (subject to hydrolysis) is 1. The van der Waals surface area contributed by atoms with Crippen LogP contribution in [-0.4, -0.2) is 56.8 Å². The number of aliphatic hydroxyl groups is 1. The minimum absolute atomic E-state index is 0.154. The molecule has 1 aliphatic rings. The van der Waals surface area contributed by atoms with Crippen molar-refractivity contribution in [2.75, 3.05) is 33.4 Å². The Morgan fingerprint density at radius 3 is 3.00 bits per heavy atom. The topological polar surface area (TPSA) is 79.8 Å². The van der Waals surface area contributed by atoms with Gasteiger partial charge in [-0.2, -0.15) is 0 Å². The van der Waals surface area contributed by atoms with E-state index < -0.39 is 6.09 Å². The molecule has 1 saturated heterocycles. The summed E-state index contributed by atoms with van der Waals surface area (Å²) in [6.07, 6.45) is 2.15. The summed E-state index contributed by atoms with van der Waals surface area (Å²) in [7, 11) is 1.68. The number of methoxy groups -OCH3 is 1. The first-order chi connectivity index (χ1) is 8.26. The summed E-state index contributed by atoms with van der Waals surface area (Å²) in [5.74, 6) is 0. The van der Waals surface area contributed by atoms with E-state index in [4.69, 9.17) is 14.6 Å². The van der Waals surface area contributed by atoms with Crippen LogP contribution in [0.2, 0.25) is 0 Å². The molecule has 0 aliphatic carbocycles. The molecule has 2 atom stereocenters. The third kappa shape index (κ3) is 5.86. The van der Waals surface area contributed by atoms with Gasteiger partial charge in [0.1, 0.15) is 6.61 Å². The Morgan fingerprint density at radius 1 is 1.53 bits per heavy atom. The summed E-state index contributed by atoms with van der Waals surface area (Å²) in [4.78, 5) is 11.3. The van der Waals surface area contributed by atoms with E-state index in [-0.39, 0.29) is 18.8 Å². The zero-order valence-corrected chi connectivity index (χ0v) is 10.3. The largest absolute Gasteiger partial charge is 0.448 e. The molecule has 0 bridgehead atoms. The number of carbonyl (C=O) groups excluding carboxylic acids is 1. The molecule has 1 amide bonds. The molecule has 6 heteroatoms. The lowest BCUT2D eigenvalue weighted by atomic mass is 10.2. The third-order valence-electron chi connectivity index (χ3n) is 2.78. The number of aliphatic hydroxyl groups excluding tert-OH is 1. The molecule has 3 N–H and O–H groups in total. The van der Waals surface area contributed by atoms with E-state index in [9.17, 15) is 4.79 Å². The number of nitrogens with one attached hydrogen (secondary N) is 2. The van der Waals surface area contributed by atoms with Gasteiger partial charge in [0.25, 0.3) is 0 Å². The van der Waals surface area contributed by atoms with Crippen molar-refractivity contribution in [3.05, 3.63) is 0 Å². The maximum absolute atomic E-state index is 11.3. The summed E-state index contributed by atoms with van der Waals surface area (Å²) in [6.45, 7) is 1.87. The average molecular weight is 246 g/mol. The summed E-state index contributed by atoms with van der Waals surface area (Å²) in [5, 5.41) is 14.4. The van der Waals surface area contributed by atoms with Crippen molar-refractivity contribution >= 4 is 6.09 Å². The minimum Gasteiger partial charge on any atom is -0.448 e. The second-order valence-electron chi connectivity index (χ2n) is 4.15. The normalized spacial score (nSPS) is 23.6. The zero-order valence-electron chi connectivity index (χ0n) is 10.3. The van der Waals surface area contributed by atoms with Crippen LogP contribution < -0.4 is 10.6 Å². The number of unbranched alkanes of at least 4 members (excludes halogenated alkanes) is 1. The van der Waals surface area contributed by atoms with Crippen LogP contribution in [0.15, 0.2) is 0 Å². The first-order valence-electron chi connectivity index (χ1n) is 6.04.